The van der Waals surface area contributed by atoms with E-state index in [9.17, 15) is 22.0 Å². The lowest BCUT2D eigenvalue weighted by molar-refractivity contribution is 0.448. The van der Waals surface area contributed by atoms with Gasteiger partial charge in [-0.25, -0.2) is 22.0 Å². The summed E-state index contributed by atoms with van der Waals surface area (Å²) in [6.45, 7) is 0. The maximum absolute atomic E-state index is 14.2. The van der Waals surface area contributed by atoms with E-state index in [4.69, 9.17) is 0 Å². The number of fused-ring (bicyclic) bond motifs is 3. The Kier molecular flexibility index (Phi) is 4.81. The second kappa shape index (κ2) is 7.91. The van der Waals surface area contributed by atoms with Gasteiger partial charge in [0.1, 0.15) is 0 Å². The molecule has 0 radical (unpaired) electrons. The molecular formula is C30H15F5. The third-order valence-corrected chi connectivity index (χ3v) is 6.37. The molecule has 35 heavy (non-hydrogen) atoms. The molecule has 6 aromatic carbocycles. The zero-order valence-corrected chi connectivity index (χ0v) is 18.1. The molecule has 0 aliphatic heterocycles. The summed E-state index contributed by atoms with van der Waals surface area (Å²) < 4.78 is 69.8. The van der Waals surface area contributed by atoms with Gasteiger partial charge in [-0.3, -0.25) is 0 Å². The van der Waals surface area contributed by atoms with Crippen LogP contribution in [-0.2, 0) is 0 Å². The summed E-state index contributed by atoms with van der Waals surface area (Å²) >= 11 is 0. The van der Waals surface area contributed by atoms with Crippen LogP contribution in [0.1, 0.15) is 0 Å². The minimum atomic E-state index is -1.51. The van der Waals surface area contributed by atoms with Crippen LogP contribution in [0.2, 0.25) is 0 Å². The highest BCUT2D eigenvalue weighted by Gasteiger charge is 2.19. The first-order valence-corrected chi connectivity index (χ1v) is 10.9. The molecule has 6 rings (SSSR count). The van der Waals surface area contributed by atoms with Crippen LogP contribution in [0.4, 0.5) is 22.0 Å². The molecule has 0 bridgehead atoms. The molecule has 0 nitrogen and oxygen atoms in total. The molecular weight excluding hydrogens is 455 g/mol. The molecule has 0 atom stereocenters. The van der Waals surface area contributed by atoms with Crippen LogP contribution in [0.3, 0.4) is 0 Å². The van der Waals surface area contributed by atoms with Gasteiger partial charge in [0.05, 0.1) is 0 Å². The Hall–Kier alpha value is -4.25. The van der Waals surface area contributed by atoms with Crippen molar-refractivity contribution >= 4 is 32.3 Å². The van der Waals surface area contributed by atoms with Crippen molar-refractivity contribution in [2.45, 2.75) is 0 Å². The maximum Gasteiger partial charge on any atom is 0.194 e. The summed E-state index contributed by atoms with van der Waals surface area (Å²) in [5.74, 6) is -5.88. The van der Waals surface area contributed by atoms with Crippen molar-refractivity contribution < 1.29 is 22.0 Å². The van der Waals surface area contributed by atoms with Gasteiger partial charge in [0.25, 0.3) is 0 Å². The first kappa shape index (κ1) is 21.3. The SMILES string of the molecule is Fc1cc2ccc(-c3c4ccccc4c(-c4cc(F)c(F)c(F)c4)c4ccccc34)cc2cc1F. The highest BCUT2D eigenvalue weighted by atomic mass is 19.2. The van der Waals surface area contributed by atoms with E-state index in [1.165, 1.54) is 0 Å². The summed E-state index contributed by atoms with van der Waals surface area (Å²) in [6, 6.07) is 24.5. The molecule has 0 heterocycles. The summed E-state index contributed by atoms with van der Waals surface area (Å²) in [7, 11) is 0. The number of hydrogen-bond donors (Lipinski definition) is 0. The van der Waals surface area contributed by atoms with E-state index in [1.807, 2.05) is 54.6 Å². The van der Waals surface area contributed by atoms with Gasteiger partial charge in [-0.1, -0.05) is 60.7 Å². The Morgan fingerprint density at radius 3 is 1.34 bits per heavy atom. The summed E-state index contributed by atoms with van der Waals surface area (Å²) in [5.41, 5.74) is 2.41. The Morgan fingerprint density at radius 1 is 0.371 bits per heavy atom. The van der Waals surface area contributed by atoms with E-state index in [-0.39, 0.29) is 5.56 Å². The van der Waals surface area contributed by atoms with E-state index in [0.29, 0.717) is 16.3 Å². The predicted octanol–water partition coefficient (Wildman–Crippen LogP) is 9.18. The first-order chi connectivity index (χ1) is 16.9. The van der Waals surface area contributed by atoms with E-state index < -0.39 is 29.1 Å². The smallest absolute Gasteiger partial charge is 0.194 e. The van der Waals surface area contributed by atoms with Crippen LogP contribution in [0.25, 0.3) is 54.6 Å². The van der Waals surface area contributed by atoms with Crippen LogP contribution >= 0.6 is 0 Å². The van der Waals surface area contributed by atoms with Crippen molar-refractivity contribution in [3.8, 4) is 22.3 Å². The van der Waals surface area contributed by atoms with E-state index >= 15 is 0 Å². The average molecular weight is 470 g/mol. The van der Waals surface area contributed by atoms with E-state index in [0.717, 1.165) is 56.9 Å². The van der Waals surface area contributed by atoms with Gasteiger partial charge in [-0.05, 0) is 84.9 Å². The highest BCUT2D eigenvalue weighted by Crippen LogP contribution is 2.44. The third kappa shape index (κ3) is 3.35. The lowest BCUT2D eigenvalue weighted by Crippen LogP contribution is -1.95. The molecule has 5 heteroatoms. The van der Waals surface area contributed by atoms with Gasteiger partial charge in [-0.15, -0.1) is 0 Å². The molecule has 0 unspecified atom stereocenters. The van der Waals surface area contributed by atoms with Crippen LogP contribution in [0.5, 0.6) is 0 Å². The second-order valence-corrected chi connectivity index (χ2v) is 8.42. The lowest BCUT2D eigenvalue weighted by Gasteiger charge is -2.18. The van der Waals surface area contributed by atoms with Crippen LogP contribution in [0, 0.1) is 29.1 Å². The Bertz CT molecular complexity index is 1720. The molecule has 0 spiro atoms. The topological polar surface area (TPSA) is 0 Å². The number of rotatable bonds is 2. The molecule has 0 aliphatic carbocycles. The minimum Gasteiger partial charge on any atom is -0.204 e. The zero-order chi connectivity index (χ0) is 24.3. The van der Waals surface area contributed by atoms with Crippen molar-refractivity contribution in [1.82, 2.24) is 0 Å². The molecule has 0 N–H and O–H groups in total. The fourth-order valence-electron chi connectivity index (χ4n) is 4.85. The van der Waals surface area contributed by atoms with Crippen LogP contribution in [-0.4, -0.2) is 0 Å². The molecule has 0 aliphatic rings. The van der Waals surface area contributed by atoms with Gasteiger partial charge in [0.2, 0.25) is 0 Å². The molecule has 0 fully saturated rings. The fraction of sp³-hybridized carbons (Fsp3) is 0. The van der Waals surface area contributed by atoms with Crippen molar-refractivity contribution in [2.75, 3.05) is 0 Å². The number of benzene rings is 6. The normalized spacial score (nSPS) is 11.6. The summed E-state index contributed by atoms with van der Waals surface area (Å²) in [4.78, 5) is 0. The van der Waals surface area contributed by atoms with Gasteiger partial charge < -0.3 is 0 Å². The Morgan fingerprint density at radius 2 is 0.829 bits per heavy atom. The maximum atomic E-state index is 14.2. The molecule has 0 amide bonds. The monoisotopic (exact) mass is 470 g/mol. The molecule has 6 aromatic rings. The van der Waals surface area contributed by atoms with Crippen LogP contribution < -0.4 is 0 Å². The van der Waals surface area contributed by atoms with Crippen molar-refractivity contribution in [3.05, 3.63) is 120 Å². The third-order valence-electron chi connectivity index (χ3n) is 6.37. The highest BCUT2D eigenvalue weighted by molar-refractivity contribution is 6.21. The Balaban J connectivity index is 1.74. The second-order valence-electron chi connectivity index (χ2n) is 8.42. The molecule has 0 aromatic heterocycles. The van der Waals surface area contributed by atoms with Crippen molar-refractivity contribution in [1.29, 1.82) is 0 Å². The van der Waals surface area contributed by atoms with Crippen molar-refractivity contribution in [2.24, 2.45) is 0 Å². The zero-order valence-electron chi connectivity index (χ0n) is 18.1. The summed E-state index contributed by atoms with van der Waals surface area (Å²) in [5, 5.41) is 4.15. The predicted molar refractivity (Wildman–Crippen MR) is 130 cm³/mol. The van der Waals surface area contributed by atoms with Gasteiger partial charge in [-0.2, -0.15) is 0 Å². The molecule has 0 saturated carbocycles. The average Bonchev–Trinajstić information content (AvgIpc) is 2.86. The van der Waals surface area contributed by atoms with E-state index in [2.05, 4.69) is 0 Å². The largest absolute Gasteiger partial charge is 0.204 e. The summed E-state index contributed by atoms with van der Waals surface area (Å²) in [6.07, 6.45) is 0. The minimum absolute atomic E-state index is 0.219. The van der Waals surface area contributed by atoms with Crippen LogP contribution in [0.15, 0.2) is 91.0 Å². The standard InChI is InChI=1S/C30H15F5/c31-24-12-16-9-10-17(11-18(16)13-25(24)32)28-20-5-1-3-7-22(20)29(23-8-4-2-6-21(23)28)19-14-26(33)30(35)27(34)15-19/h1-15H. The molecule has 170 valence electrons. The van der Waals surface area contributed by atoms with Crippen molar-refractivity contribution in [3.63, 3.8) is 0 Å². The van der Waals surface area contributed by atoms with E-state index in [1.54, 1.807) is 12.1 Å². The quantitative estimate of drug-likeness (QED) is 0.134. The first-order valence-electron chi connectivity index (χ1n) is 10.9. The molecule has 0 saturated heterocycles. The van der Waals surface area contributed by atoms with Gasteiger partial charge in [0, 0.05) is 0 Å². The van der Waals surface area contributed by atoms with Gasteiger partial charge in [0.15, 0.2) is 29.1 Å². The van der Waals surface area contributed by atoms with Gasteiger partial charge >= 0.3 is 0 Å². The fourth-order valence-corrected chi connectivity index (χ4v) is 4.85. The Labute approximate surface area is 196 Å². The number of halogens is 5. The number of hydrogen-bond acceptors (Lipinski definition) is 0. The lowest BCUT2D eigenvalue weighted by atomic mass is 9.85.